The number of hydrogen-bond acceptors (Lipinski definition) is 4. The number of para-hydroxylation sites is 2. The first kappa shape index (κ1) is 12.8. The van der Waals surface area contributed by atoms with Crippen LogP contribution in [-0.2, 0) is 0 Å². The minimum absolute atomic E-state index is 0.155. The third-order valence-electron chi connectivity index (χ3n) is 3.03. The van der Waals surface area contributed by atoms with Crippen molar-refractivity contribution in [3.8, 4) is 16.9 Å². The smallest absolute Gasteiger partial charge is 0.265 e. The number of nitrogens with one attached hydrogen (secondary N) is 1. The van der Waals surface area contributed by atoms with Crippen LogP contribution in [0, 0.1) is 10.1 Å². The lowest BCUT2D eigenvalue weighted by molar-refractivity contribution is -0.384. The molecule has 0 atom stereocenters. The highest BCUT2D eigenvalue weighted by Crippen LogP contribution is 2.21. The Bertz CT molecular complexity index is 852. The van der Waals surface area contributed by atoms with E-state index in [4.69, 9.17) is 0 Å². The van der Waals surface area contributed by atoms with Crippen molar-refractivity contribution in [3.63, 3.8) is 0 Å². The number of nitro groups is 1. The molecule has 2 aromatic carbocycles. The third-order valence-corrected chi connectivity index (χ3v) is 3.03. The van der Waals surface area contributed by atoms with E-state index in [-0.39, 0.29) is 17.1 Å². The Kier molecular flexibility index (Phi) is 3.07. The summed E-state index contributed by atoms with van der Waals surface area (Å²) in [5.74, 6) is 0. The van der Waals surface area contributed by atoms with Gasteiger partial charge in [-0.1, -0.05) is 42.5 Å². The van der Waals surface area contributed by atoms with Crippen LogP contribution in [-0.4, -0.2) is 19.9 Å². The number of nitro benzene ring substituents is 1. The molecule has 1 N–H and O–H groups in total. The van der Waals surface area contributed by atoms with Crippen molar-refractivity contribution in [2.24, 2.45) is 0 Å². The van der Waals surface area contributed by atoms with Gasteiger partial charge in [-0.05, 0) is 6.07 Å². The first-order valence-electron chi connectivity index (χ1n) is 6.15. The van der Waals surface area contributed by atoms with Crippen LogP contribution in [0.15, 0.2) is 59.4 Å². The first-order valence-corrected chi connectivity index (χ1v) is 6.15. The highest BCUT2D eigenvalue weighted by atomic mass is 16.6. The van der Waals surface area contributed by atoms with Gasteiger partial charge in [0.2, 0.25) is 0 Å². The van der Waals surface area contributed by atoms with Gasteiger partial charge in [0.25, 0.3) is 11.2 Å². The van der Waals surface area contributed by atoms with Gasteiger partial charge < -0.3 is 0 Å². The highest BCUT2D eigenvalue weighted by Gasteiger charge is 2.19. The Balaban J connectivity index is 2.17. The summed E-state index contributed by atoms with van der Waals surface area (Å²) in [6, 6.07) is 14.9. The molecule has 0 bridgehead atoms. The molecule has 104 valence electrons. The van der Waals surface area contributed by atoms with Crippen LogP contribution >= 0.6 is 0 Å². The fourth-order valence-corrected chi connectivity index (χ4v) is 2.05. The van der Waals surface area contributed by atoms with E-state index in [9.17, 15) is 14.9 Å². The number of hydrogen-bond donors (Lipinski definition) is 1. The van der Waals surface area contributed by atoms with Gasteiger partial charge in [-0.2, -0.15) is 9.78 Å². The van der Waals surface area contributed by atoms with Crippen molar-refractivity contribution >= 4 is 5.69 Å². The summed E-state index contributed by atoms with van der Waals surface area (Å²) in [5.41, 5.74) is 0.422. The van der Waals surface area contributed by atoms with Crippen LogP contribution in [0.5, 0.6) is 0 Å². The summed E-state index contributed by atoms with van der Waals surface area (Å²) in [6.45, 7) is 0. The monoisotopic (exact) mass is 282 g/mol. The molecule has 3 rings (SSSR count). The zero-order valence-electron chi connectivity index (χ0n) is 10.8. The Hall–Kier alpha value is -3.22. The number of nitrogens with zero attached hydrogens (tertiary/aromatic N) is 3. The Morgan fingerprint density at radius 1 is 1.05 bits per heavy atom. The normalized spacial score (nSPS) is 10.5. The number of aromatic amines is 1. The van der Waals surface area contributed by atoms with E-state index < -0.39 is 10.5 Å². The lowest BCUT2D eigenvalue weighted by Crippen LogP contribution is -2.16. The van der Waals surface area contributed by atoms with E-state index in [1.165, 1.54) is 12.1 Å². The quantitative estimate of drug-likeness (QED) is 0.588. The Morgan fingerprint density at radius 3 is 2.43 bits per heavy atom. The van der Waals surface area contributed by atoms with Crippen LogP contribution in [0.1, 0.15) is 0 Å². The molecule has 7 nitrogen and oxygen atoms in total. The van der Waals surface area contributed by atoms with Crippen LogP contribution in [0.3, 0.4) is 0 Å². The largest absolute Gasteiger partial charge is 0.299 e. The number of H-pyrrole nitrogens is 1. The molecule has 1 aromatic heterocycles. The second kappa shape index (κ2) is 5.04. The van der Waals surface area contributed by atoms with Crippen molar-refractivity contribution in [1.82, 2.24) is 15.0 Å². The second-order valence-corrected chi connectivity index (χ2v) is 4.31. The van der Waals surface area contributed by atoms with Gasteiger partial charge in [-0.15, -0.1) is 0 Å². The summed E-state index contributed by atoms with van der Waals surface area (Å²) in [6.07, 6.45) is 0. The summed E-state index contributed by atoms with van der Waals surface area (Å²) in [5, 5.41) is 17.5. The molecule has 0 spiro atoms. The fraction of sp³-hybridized carbons (Fsp3) is 0. The molecule has 0 aliphatic carbocycles. The minimum atomic E-state index is -0.537. The van der Waals surface area contributed by atoms with Gasteiger partial charge in [0.15, 0.2) is 5.69 Å². The predicted molar refractivity (Wildman–Crippen MR) is 76.3 cm³/mol. The van der Waals surface area contributed by atoms with E-state index >= 15 is 0 Å². The molecule has 0 aliphatic rings. The van der Waals surface area contributed by atoms with E-state index in [0.29, 0.717) is 5.56 Å². The average Bonchev–Trinajstić information content (AvgIpc) is 2.89. The molecule has 0 aliphatic heterocycles. The van der Waals surface area contributed by atoms with Crippen molar-refractivity contribution in [1.29, 1.82) is 0 Å². The van der Waals surface area contributed by atoms with Gasteiger partial charge in [0.05, 0.1) is 4.92 Å². The van der Waals surface area contributed by atoms with Crippen LogP contribution < -0.4 is 5.56 Å². The van der Waals surface area contributed by atoms with Gasteiger partial charge in [-0.3, -0.25) is 14.9 Å². The zero-order valence-corrected chi connectivity index (χ0v) is 10.8. The third kappa shape index (κ3) is 2.20. The van der Waals surface area contributed by atoms with Crippen molar-refractivity contribution in [2.75, 3.05) is 0 Å². The summed E-state index contributed by atoms with van der Waals surface area (Å²) >= 11 is 0. The average molecular weight is 282 g/mol. The SMILES string of the molecule is O=c1c(-c2ccccc2)n[nH]n1-c1ccccc1[N+](=O)[O-]. The first-order chi connectivity index (χ1) is 10.2. The Labute approximate surface area is 118 Å². The molecule has 3 aromatic rings. The maximum absolute atomic E-state index is 12.4. The standard InChI is InChI=1S/C14H10N4O3/c19-14-13(10-6-2-1-3-7-10)15-16-17(14)11-8-4-5-9-12(11)18(20)21/h1-9,16H. The molecular weight excluding hydrogens is 272 g/mol. The van der Waals surface area contributed by atoms with Crippen molar-refractivity contribution < 1.29 is 4.92 Å². The molecule has 0 radical (unpaired) electrons. The maximum Gasteiger partial charge on any atom is 0.299 e. The molecule has 21 heavy (non-hydrogen) atoms. The minimum Gasteiger partial charge on any atom is -0.265 e. The van der Waals surface area contributed by atoms with Gasteiger partial charge in [0, 0.05) is 11.6 Å². The molecule has 7 heteroatoms. The van der Waals surface area contributed by atoms with E-state index in [1.807, 2.05) is 6.07 Å². The predicted octanol–water partition coefficient (Wildman–Crippen LogP) is 2.14. The van der Waals surface area contributed by atoms with Crippen molar-refractivity contribution in [3.05, 3.63) is 75.1 Å². The van der Waals surface area contributed by atoms with E-state index in [0.717, 1.165) is 4.68 Å². The van der Waals surface area contributed by atoms with Crippen LogP contribution in [0.25, 0.3) is 16.9 Å². The topological polar surface area (TPSA) is 93.8 Å². The molecule has 0 amide bonds. The number of aromatic nitrogens is 3. The van der Waals surface area contributed by atoms with Gasteiger partial charge >= 0.3 is 0 Å². The summed E-state index contributed by atoms with van der Waals surface area (Å²) in [4.78, 5) is 22.9. The number of benzene rings is 2. The molecular formula is C14H10N4O3. The lowest BCUT2D eigenvalue weighted by Gasteiger charge is -2.01. The molecule has 0 fully saturated rings. The molecule has 0 unspecified atom stereocenters. The fourth-order valence-electron chi connectivity index (χ4n) is 2.05. The van der Waals surface area contributed by atoms with E-state index in [2.05, 4.69) is 10.3 Å². The second-order valence-electron chi connectivity index (χ2n) is 4.31. The molecule has 0 saturated carbocycles. The Morgan fingerprint density at radius 2 is 1.71 bits per heavy atom. The number of rotatable bonds is 3. The van der Waals surface area contributed by atoms with Crippen LogP contribution in [0.2, 0.25) is 0 Å². The zero-order chi connectivity index (χ0) is 14.8. The van der Waals surface area contributed by atoms with Crippen LogP contribution in [0.4, 0.5) is 5.69 Å². The van der Waals surface area contributed by atoms with E-state index in [1.54, 1.807) is 36.4 Å². The lowest BCUT2D eigenvalue weighted by atomic mass is 10.2. The maximum atomic E-state index is 12.4. The van der Waals surface area contributed by atoms with Crippen molar-refractivity contribution in [2.45, 2.75) is 0 Å². The summed E-state index contributed by atoms with van der Waals surface area (Å²) < 4.78 is 1.07. The summed E-state index contributed by atoms with van der Waals surface area (Å²) in [7, 11) is 0. The van der Waals surface area contributed by atoms with Gasteiger partial charge in [0.1, 0.15) is 5.69 Å². The highest BCUT2D eigenvalue weighted by molar-refractivity contribution is 5.59. The molecule has 1 heterocycles. The van der Waals surface area contributed by atoms with Gasteiger partial charge in [-0.25, -0.2) is 5.21 Å². The molecule has 0 saturated heterocycles.